The van der Waals surface area contributed by atoms with Crippen LogP contribution in [0.3, 0.4) is 0 Å². The van der Waals surface area contributed by atoms with Gasteiger partial charge in [0.1, 0.15) is 23.2 Å². The summed E-state index contributed by atoms with van der Waals surface area (Å²) in [5.74, 6) is -0.632. The first-order valence-corrected chi connectivity index (χ1v) is 11.0. The SMILES string of the molecule is CC1=C(C(=O)N2CCN(c3ccc(F)cc3)CC2)C(c2cccc(Br)c2)C(C#N)=C(N)O1. The molecule has 2 N–H and O–H groups in total. The molecular formula is C24H22BrFN4O2. The summed E-state index contributed by atoms with van der Waals surface area (Å²) in [6.45, 7) is 3.94. The van der Waals surface area contributed by atoms with Crippen molar-refractivity contribution in [2.24, 2.45) is 5.73 Å². The Balaban J connectivity index is 1.59. The highest BCUT2D eigenvalue weighted by atomic mass is 79.9. The van der Waals surface area contributed by atoms with Crippen LogP contribution in [0.5, 0.6) is 0 Å². The Morgan fingerprint density at radius 2 is 1.88 bits per heavy atom. The van der Waals surface area contributed by atoms with Crippen LogP contribution < -0.4 is 10.6 Å². The number of rotatable bonds is 3. The van der Waals surface area contributed by atoms with Gasteiger partial charge in [0, 0.05) is 36.3 Å². The predicted octanol–water partition coefficient (Wildman–Crippen LogP) is 4.02. The Morgan fingerprint density at radius 1 is 1.19 bits per heavy atom. The number of anilines is 1. The molecule has 1 atom stereocenters. The van der Waals surface area contributed by atoms with Gasteiger partial charge in [-0.05, 0) is 48.9 Å². The minimum absolute atomic E-state index is 0.0210. The second kappa shape index (κ2) is 9.05. The van der Waals surface area contributed by atoms with Gasteiger partial charge in [0.05, 0.1) is 11.5 Å². The van der Waals surface area contributed by atoms with E-state index in [-0.39, 0.29) is 23.2 Å². The van der Waals surface area contributed by atoms with E-state index >= 15 is 0 Å². The van der Waals surface area contributed by atoms with Crippen LogP contribution in [-0.2, 0) is 9.53 Å². The van der Waals surface area contributed by atoms with Crippen molar-refractivity contribution >= 4 is 27.5 Å². The van der Waals surface area contributed by atoms with E-state index in [0.717, 1.165) is 15.7 Å². The molecule has 0 aliphatic carbocycles. The zero-order chi connectivity index (χ0) is 22.8. The highest BCUT2D eigenvalue weighted by molar-refractivity contribution is 9.10. The van der Waals surface area contributed by atoms with Crippen molar-refractivity contribution in [2.45, 2.75) is 12.8 Å². The normalized spacial score (nSPS) is 19.0. The molecule has 1 saturated heterocycles. The van der Waals surface area contributed by atoms with Crippen molar-refractivity contribution in [3.8, 4) is 6.07 Å². The molecule has 32 heavy (non-hydrogen) atoms. The molecule has 0 saturated carbocycles. The highest BCUT2D eigenvalue weighted by Crippen LogP contribution is 2.40. The van der Waals surface area contributed by atoms with Crippen LogP contribution in [0.2, 0.25) is 0 Å². The first-order valence-electron chi connectivity index (χ1n) is 10.2. The van der Waals surface area contributed by atoms with Crippen LogP contribution in [0.25, 0.3) is 0 Å². The maximum Gasteiger partial charge on any atom is 0.254 e. The van der Waals surface area contributed by atoms with Crippen LogP contribution in [0, 0.1) is 17.1 Å². The van der Waals surface area contributed by atoms with E-state index in [1.807, 2.05) is 24.3 Å². The van der Waals surface area contributed by atoms with Crippen molar-refractivity contribution in [2.75, 3.05) is 31.1 Å². The summed E-state index contributed by atoms with van der Waals surface area (Å²) in [5, 5.41) is 9.78. The molecule has 0 radical (unpaired) electrons. The minimum Gasteiger partial charge on any atom is -0.445 e. The molecular weight excluding hydrogens is 475 g/mol. The number of amides is 1. The number of nitrogens with two attached hydrogens (primary N) is 1. The number of nitrogens with zero attached hydrogens (tertiary/aromatic N) is 3. The molecule has 2 heterocycles. The van der Waals surface area contributed by atoms with Crippen LogP contribution in [0.1, 0.15) is 18.4 Å². The number of nitriles is 1. The van der Waals surface area contributed by atoms with E-state index in [2.05, 4.69) is 26.9 Å². The number of carbonyl (C=O) groups excluding carboxylic acids is 1. The summed E-state index contributed by atoms with van der Waals surface area (Å²) in [6, 6.07) is 16.0. The Hall–Kier alpha value is -3.31. The van der Waals surface area contributed by atoms with E-state index in [1.54, 1.807) is 24.0 Å². The fourth-order valence-corrected chi connectivity index (χ4v) is 4.58. The van der Waals surface area contributed by atoms with E-state index in [9.17, 15) is 14.4 Å². The summed E-state index contributed by atoms with van der Waals surface area (Å²) in [4.78, 5) is 17.5. The standard InChI is InChI=1S/C24H22BrFN4O2/c1-15-21(22(20(14-27)23(28)32-15)16-3-2-4-17(25)13-16)24(31)30-11-9-29(10-12-30)19-7-5-18(26)6-8-19/h2-8,13,22H,9-12,28H2,1H3. The minimum atomic E-state index is -0.603. The Kier molecular flexibility index (Phi) is 6.19. The lowest BCUT2D eigenvalue weighted by Crippen LogP contribution is -2.50. The maximum atomic E-state index is 13.6. The fraction of sp³-hybridized carbons (Fsp3) is 0.250. The number of piperazine rings is 1. The Bertz CT molecular complexity index is 1150. The van der Waals surface area contributed by atoms with Gasteiger partial charge in [-0.3, -0.25) is 4.79 Å². The molecule has 164 valence electrons. The fourth-order valence-electron chi connectivity index (χ4n) is 4.17. The van der Waals surface area contributed by atoms with Crippen molar-refractivity contribution in [3.05, 3.63) is 87.2 Å². The van der Waals surface area contributed by atoms with Gasteiger partial charge in [-0.15, -0.1) is 0 Å². The topological polar surface area (TPSA) is 82.6 Å². The van der Waals surface area contributed by atoms with Gasteiger partial charge in [-0.1, -0.05) is 28.1 Å². The van der Waals surface area contributed by atoms with Gasteiger partial charge in [0.25, 0.3) is 5.91 Å². The van der Waals surface area contributed by atoms with Crippen LogP contribution in [0.4, 0.5) is 10.1 Å². The molecule has 2 aromatic carbocycles. The van der Waals surface area contributed by atoms with Gasteiger partial charge < -0.3 is 20.3 Å². The molecule has 1 unspecified atom stereocenters. The molecule has 2 aliphatic rings. The summed E-state index contributed by atoms with van der Waals surface area (Å²) in [5.41, 5.74) is 8.36. The molecule has 2 aromatic rings. The van der Waals surface area contributed by atoms with E-state index in [4.69, 9.17) is 10.5 Å². The first kappa shape index (κ1) is 21.9. The summed E-state index contributed by atoms with van der Waals surface area (Å²) in [7, 11) is 0. The summed E-state index contributed by atoms with van der Waals surface area (Å²) < 4.78 is 19.7. The number of carbonyl (C=O) groups is 1. The lowest BCUT2D eigenvalue weighted by Gasteiger charge is -2.38. The maximum absolute atomic E-state index is 13.6. The molecule has 4 rings (SSSR count). The number of hydrogen-bond donors (Lipinski definition) is 1. The largest absolute Gasteiger partial charge is 0.445 e. The number of benzene rings is 2. The number of allylic oxidation sites excluding steroid dienone is 2. The molecule has 0 spiro atoms. The van der Waals surface area contributed by atoms with Crippen LogP contribution in [0.15, 0.2) is 75.8 Å². The molecule has 6 nitrogen and oxygen atoms in total. The molecule has 1 amide bonds. The predicted molar refractivity (Wildman–Crippen MR) is 123 cm³/mol. The van der Waals surface area contributed by atoms with Gasteiger partial charge >= 0.3 is 0 Å². The lowest BCUT2D eigenvalue weighted by molar-refractivity contribution is -0.128. The monoisotopic (exact) mass is 496 g/mol. The summed E-state index contributed by atoms with van der Waals surface area (Å²) >= 11 is 3.47. The second-order valence-electron chi connectivity index (χ2n) is 7.71. The average Bonchev–Trinajstić information content (AvgIpc) is 2.79. The van der Waals surface area contributed by atoms with Crippen LogP contribution >= 0.6 is 15.9 Å². The zero-order valence-electron chi connectivity index (χ0n) is 17.5. The molecule has 8 heteroatoms. The van der Waals surface area contributed by atoms with E-state index in [0.29, 0.717) is 37.5 Å². The summed E-state index contributed by atoms with van der Waals surface area (Å²) in [6.07, 6.45) is 0. The van der Waals surface area contributed by atoms with Crippen molar-refractivity contribution in [1.82, 2.24) is 4.90 Å². The van der Waals surface area contributed by atoms with Gasteiger partial charge in [0.15, 0.2) is 0 Å². The van der Waals surface area contributed by atoms with Gasteiger partial charge in [-0.2, -0.15) is 5.26 Å². The quantitative estimate of drug-likeness (QED) is 0.693. The highest BCUT2D eigenvalue weighted by Gasteiger charge is 2.38. The third-order valence-electron chi connectivity index (χ3n) is 5.78. The zero-order valence-corrected chi connectivity index (χ0v) is 19.1. The molecule has 0 aromatic heterocycles. The number of hydrogen-bond acceptors (Lipinski definition) is 5. The lowest BCUT2D eigenvalue weighted by atomic mass is 9.82. The molecule has 0 bridgehead atoms. The van der Waals surface area contributed by atoms with Gasteiger partial charge in [0.2, 0.25) is 5.88 Å². The van der Waals surface area contributed by atoms with E-state index in [1.165, 1.54) is 12.1 Å². The molecule has 2 aliphatic heterocycles. The average molecular weight is 497 g/mol. The van der Waals surface area contributed by atoms with Gasteiger partial charge in [-0.25, -0.2) is 4.39 Å². The van der Waals surface area contributed by atoms with Crippen molar-refractivity contribution < 1.29 is 13.9 Å². The third kappa shape index (κ3) is 4.21. The second-order valence-corrected chi connectivity index (χ2v) is 8.62. The number of ether oxygens (including phenoxy) is 1. The van der Waals surface area contributed by atoms with Crippen molar-refractivity contribution in [3.63, 3.8) is 0 Å². The first-order chi connectivity index (χ1) is 15.4. The Morgan fingerprint density at radius 3 is 2.50 bits per heavy atom. The van der Waals surface area contributed by atoms with E-state index < -0.39 is 5.92 Å². The smallest absolute Gasteiger partial charge is 0.254 e. The number of halogens is 2. The van der Waals surface area contributed by atoms with Crippen molar-refractivity contribution in [1.29, 1.82) is 5.26 Å². The Labute approximate surface area is 194 Å². The third-order valence-corrected chi connectivity index (χ3v) is 6.27. The van der Waals surface area contributed by atoms with Crippen LogP contribution in [-0.4, -0.2) is 37.0 Å². The molecule has 1 fully saturated rings.